The van der Waals surface area contributed by atoms with Gasteiger partial charge in [-0.2, -0.15) is 0 Å². The lowest BCUT2D eigenvalue weighted by atomic mass is 10.00. The molecule has 1 atom stereocenters. The highest BCUT2D eigenvalue weighted by molar-refractivity contribution is 7.92. The van der Waals surface area contributed by atoms with Gasteiger partial charge in [-0.3, -0.25) is 9.10 Å². The molecule has 29 heavy (non-hydrogen) atoms. The van der Waals surface area contributed by atoms with Crippen molar-refractivity contribution in [2.45, 2.75) is 44.9 Å². The molecule has 0 saturated carbocycles. The number of aryl methyl sites for hydroxylation is 2. The third-order valence-corrected chi connectivity index (χ3v) is 7.31. The van der Waals surface area contributed by atoms with Crippen LogP contribution in [0.15, 0.2) is 53.4 Å². The van der Waals surface area contributed by atoms with Gasteiger partial charge in [0.05, 0.1) is 10.6 Å². The second-order valence-electron chi connectivity index (χ2n) is 8.06. The minimum Gasteiger partial charge on any atom is -0.342 e. The molecular formula is C23H30N2O3S. The Hall–Kier alpha value is -2.34. The van der Waals surface area contributed by atoms with Crippen LogP contribution in [0.2, 0.25) is 0 Å². The molecule has 2 aromatic rings. The van der Waals surface area contributed by atoms with Crippen LogP contribution in [0.1, 0.15) is 37.3 Å². The van der Waals surface area contributed by atoms with Crippen molar-refractivity contribution in [3.63, 3.8) is 0 Å². The van der Waals surface area contributed by atoms with Crippen molar-refractivity contribution in [1.82, 2.24) is 4.90 Å². The first-order valence-electron chi connectivity index (χ1n) is 10.2. The first-order chi connectivity index (χ1) is 13.8. The van der Waals surface area contributed by atoms with Gasteiger partial charge >= 0.3 is 0 Å². The fraction of sp³-hybridized carbons (Fsp3) is 0.435. The Morgan fingerprint density at radius 3 is 2.21 bits per heavy atom. The second kappa shape index (κ2) is 8.99. The van der Waals surface area contributed by atoms with Crippen LogP contribution in [0.25, 0.3) is 0 Å². The molecule has 156 valence electrons. The molecule has 2 aromatic carbocycles. The summed E-state index contributed by atoms with van der Waals surface area (Å²) in [6, 6.07) is 14.2. The molecular weight excluding hydrogens is 384 g/mol. The molecule has 0 radical (unpaired) electrons. The van der Waals surface area contributed by atoms with E-state index in [9.17, 15) is 13.2 Å². The molecule has 0 aliphatic carbocycles. The van der Waals surface area contributed by atoms with Crippen LogP contribution in [0.5, 0.6) is 0 Å². The molecule has 0 N–H and O–H groups in total. The zero-order valence-corrected chi connectivity index (χ0v) is 18.3. The summed E-state index contributed by atoms with van der Waals surface area (Å²) in [7, 11) is -3.76. The second-order valence-corrected chi connectivity index (χ2v) is 9.93. The number of likely N-dealkylation sites (tertiary alicyclic amines) is 1. The number of rotatable bonds is 6. The average Bonchev–Trinajstić information content (AvgIpc) is 2.69. The Balaban J connectivity index is 1.84. The summed E-state index contributed by atoms with van der Waals surface area (Å²) in [5.41, 5.74) is 2.64. The molecule has 1 amide bonds. The van der Waals surface area contributed by atoms with Crippen LogP contribution >= 0.6 is 0 Å². The molecule has 1 unspecified atom stereocenters. The van der Waals surface area contributed by atoms with Crippen LogP contribution in [0, 0.1) is 19.8 Å². The standard InChI is InChI=1S/C23H30N2O3S/c1-18-6-10-21(11-7-18)25(29(27,28)22-12-8-19(2)9-13-22)16-14-23(26)24-15-4-5-20(3)17-24/h6-13,20H,4-5,14-17H2,1-3H3. The van der Waals surface area contributed by atoms with Crippen LogP contribution < -0.4 is 4.31 Å². The topological polar surface area (TPSA) is 57.7 Å². The summed E-state index contributed by atoms with van der Waals surface area (Å²) in [6.45, 7) is 7.69. The van der Waals surface area contributed by atoms with E-state index in [0.29, 0.717) is 11.6 Å². The van der Waals surface area contributed by atoms with Gasteiger partial charge in [0, 0.05) is 26.1 Å². The third kappa shape index (κ3) is 5.18. The van der Waals surface area contributed by atoms with Crippen molar-refractivity contribution in [3.05, 3.63) is 59.7 Å². The maximum Gasteiger partial charge on any atom is 0.264 e. The molecule has 6 heteroatoms. The number of hydrogen-bond donors (Lipinski definition) is 0. The Kier molecular flexibility index (Phi) is 6.63. The van der Waals surface area contributed by atoms with E-state index in [0.717, 1.165) is 37.1 Å². The smallest absolute Gasteiger partial charge is 0.264 e. The lowest BCUT2D eigenvalue weighted by Gasteiger charge is -2.32. The van der Waals surface area contributed by atoms with E-state index in [2.05, 4.69) is 6.92 Å². The van der Waals surface area contributed by atoms with Gasteiger partial charge in [-0.25, -0.2) is 8.42 Å². The molecule has 0 aromatic heterocycles. The number of benzene rings is 2. The minimum atomic E-state index is -3.76. The van der Waals surface area contributed by atoms with Crippen molar-refractivity contribution in [1.29, 1.82) is 0 Å². The number of amides is 1. The number of anilines is 1. The largest absolute Gasteiger partial charge is 0.342 e. The molecule has 1 saturated heterocycles. The predicted octanol–water partition coefficient (Wildman–Crippen LogP) is 4.15. The Labute approximate surface area is 174 Å². The quantitative estimate of drug-likeness (QED) is 0.714. The van der Waals surface area contributed by atoms with Crippen molar-refractivity contribution in [3.8, 4) is 0 Å². The van der Waals surface area contributed by atoms with Crippen LogP contribution in [0.3, 0.4) is 0 Å². The maximum atomic E-state index is 13.4. The summed E-state index contributed by atoms with van der Waals surface area (Å²) in [5.74, 6) is 0.518. The van der Waals surface area contributed by atoms with Crippen molar-refractivity contribution in [2.75, 3.05) is 23.9 Å². The zero-order chi connectivity index (χ0) is 21.0. The molecule has 1 aliphatic heterocycles. The highest BCUT2D eigenvalue weighted by Gasteiger charge is 2.27. The fourth-order valence-electron chi connectivity index (χ4n) is 3.71. The van der Waals surface area contributed by atoms with Gasteiger partial charge in [0.25, 0.3) is 10.0 Å². The van der Waals surface area contributed by atoms with Crippen molar-refractivity contribution in [2.24, 2.45) is 5.92 Å². The monoisotopic (exact) mass is 414 g/mol. The molecule has 5 nitrogen and oxygen atoms in total. The van der Waals surface area contributed by atoms with Gasteiger partial charge < -0.3 is 4.90 Å². The molecule has 0 spiro atoms. The first-order valence-corrected chi connectivity index (χ1v) is 11.7. The SMILES string of the molecule is Cc1ccc(N(CCC(=O)N2CCCC(C)C2)S(=O)(=O)c2ccc(C)cc2)cc1. The van der Waals surface area contributed by atoms with Gasteiger partial charge in [0.15, 0.2) is 0 Å². The first kappa shape index (κ1) is 21.4. The Bertz CT molecular complexity index is 937. The van der Waals surface area contributed by atoms with Crippen LogP contribution in [0.4, 0.5) is 5.69 Å². The normalized spacial score (nSPS) is 17.2. The Morgan fingerprint density at radius 2 is 1.62 bits per heavy atom. The van der Waals surface area contributed by atoms with Gasteiger partial charge in [-0.05, 0) is 56.9 Å². The van der Waals surface area contributed by atoms with E-state index in [4.69, 9.17) is 0 Å². The number of sulfonamides is 1. The van der Waals surface area contributed by atoms with E-state index in [-0.39, 0.29) is 23.8 Å². The summed E-state index contributed by atoms with van der Waals surface area (Å²) in [4.78, 5) is 14.9. The third-order valence-electron chi connectivity index (χ3n) is 5.47. The van der Waals surface area contributed by atoms with E-state index < -0.39 is 10.0 Å². The summed E-state index contributed by atoms with van der Waals surface area (Å²) in [5, 5.41) is 0. The van der Waals surface area contributed by atoms with Crippen LogP contribution in [-0.2, 0) is 14.8 Å². The molecule has 3 rings (SSSR count). The zero-order valence-electron chi connectivity index (χ0n) is 17.5. The molecule has 1 aliphatic rings. The van der Waals surface area contributed by atoms with E-state index in [1.807, 2.05) is 30.9 Å². The lowest BCUT2D eigenvalue weighted by molar-refractivity contribution is -0.132. The molecule has 1 heterocycles. The summed E-state index contributed by atoms with van der Waals surface area (Å²) < 4.78 is 28.1. The van der Waals surface area contributed by atoms with Crippen LogP contribution in [-0.4, -0.2) is 38.9 Å². The van der Waals surface area contributed by atoms with Gasteiger partial charge in [0.2, 0.25) is 5.91 Å². The number of carbonyl (C=O) groups is 1. The lowest BCUT2D eigenvalue weighted by Crippen LogP contribution is -2.41. The molecule has 0 bridgehead atoms. The Morgan fingerprint density at radius 1 is 1.03 bits per heavy atom. The minimum absolute atomic E-state index is 0.0211. The van der Waals surface area contributed by atoms with Gasteiger partial charge in [-0.15, -0.1) is 0 Å². The fourth-order valence-corrected chi connectivity index (χ4v) is 5.17. The number of carbonyl (C=O) groups excluding carboxylic acids is 1. The average molecular weight is 415 g/mol. The van der Waals surface area contributed by atoms with Gasteiger partial charge in [-0.1, -0.05) is 42.3 Å². The number of hydrogen-bond acceptors (Lipinski definition) is 3. The maximum absolute atomic E-state index is 13.4. The highest BCUT2D eigenvalue weighted by Crippen LogP contribution is 2.25. The molecule has 1 fully saturated rings. The van der Waals surface area contributed by atoms with Crippen molar-refractivity contribution >= 4 is 21.6 Å². The van der Waals surface area contributed by atoms with Gasteiger partial charge in [0.1, 0.15) is 0 Å². The summed E-state index contributed by atoms with van der Waals surface area (Å²) >= 11 is 0. The number of nitrogens with zero attached hydrogens (tertiary/aromatic N) is 2. The highest BCUT2D eigenvalue weighted by atomic mass is 32.2. The van der Waals surface area contributed by atoms with E-state index >= 15 is 0 Å². The van der Waals surface area contributed by atoms with E-state index in [1.165, 1.54) is 4.31 Å². The van der Waals surface area contributed by atoms with Crippen molar-refractivity contribution < 1.29 is 13.2 Å². The predicted molar refractivity (Wildman–Crippen MR) is 116 cm³/mol. The number of piperidine rings is 1. The summed E-state index contributed by atoms with van der Waals surface area (Å²) in [6.07, 6.45) is 2.32. The van der Waals surface area contributed by atoms with E-state index in [1.54, 1.807) is 36.4 Å².